The van der Waals surface area contributed by atoms with E-state index in [0.717, 1.165) is 0 Å². The van der Waals surface area contributed by atoms with E-state index in [0.29, 0.717) is 18.7 Å². The number of halogens is 2. The first-order valence-corrected chi connectivity index (χ1v) is 9.71. The quantitative estimate of drug-likeness (QED) is 0.298. The maximum absolute atomic E-state index is 11.0. The van der Waals surface area contributed by atoms with Gasteiger partial charge in [-0.3, -0.25) is 0 Å². The number of nitrogens with one attached hydrogen (secondary N) is 2. The van der Waals surface area contributed by atoms with E-state index < -0.39 is 23.0 Å². The van der Waals surface area contributed by atoms with Crippen LogP contribution in [0.5, 0.6) is 0 Å². The maximum Gasteiger partial charge on any atom is 0.329 e. The average molecular weight is 491 g/mol. The van der Waals surface area contributed by atoms with Gasteiger partial charge in [0.05, 0.1) is 0 Å². The highest BCUT2D eigenvalue weighted by Gasteiger charge is 2.32. The second kappa shape index (κ2) is 13.6. The lowest BCUT2D eigenvalue weighted by atomic mass is 9.99. The summed E-state index contributed by atoms with van der Waals surface area (Å²) in [5, 5.41) is 23.9. The van der Waals surface area contributed by atoms with E-state index in [1.54, 1.807) is 33.8 Å². The van der Waals surface area contributed by atoms with Crippen LogP contribution in [0.2, 0.25) is 10.4 Å². The second-order valence-electron chi connectivity index (χ2n) is 6.65. The number of carboxylic acids is 2. The standard InChI is InChI=1S/2C9H12ClN3O2.2CH4/c1-3-9(2,7(14)15)13-6-4-5-11-8(10)12-6;1-3-9(2,7(14)15)13-8-11-5-4-6(10)12-8;;/h2*4-5H,3H2,1-2H3,(H,14,15)(H,11,12,13);2*1H4/t2*9-;;/m11../s1. The summed E-state index contributed by atoms with van der Waals surface area (Å²) in [6.07, 6.45) is 3.79. The van der Waals surface area contributed by atoms with Gasteiger partial charge in [0.15, 0.2) is 0 Å². The second-order valence-corrected chi connectivity index (χ2v) is 7.37. The molecule has 0 bridgehead atoms. The van der Waals surface area contributed by atoms with Crippen LogP contribution in [-0.2, 0) is 9.59 Å². The first-order valence-electron chi connectivity index (χ1n) is 8.96. The Morgan fingerprint density at radius 3 is 1.84 bits per heavy atom. The van der Waals surface area contributed by atoms with Crippen molar-refractivity contribution < 1.29 is 19.8 Å². The van der Waals surface area contributed by atoms with Gasteiger partial charge in [-0.2, -0.15) is 0 Å². The first kappa shape index (κ1) is 31.5. The molecular formula is C20H32Cl2N6O4. The zero-order chi connectivity index (χ0) is 22.9. The number of hydrogen-bond acceptors (Lipinski definition) is 8. The van der Waals surface area contributed by atoms with Crippen molar-refractivity contribution in [3.63, 3.8) is 0 Å². The highest BCUT2D eigenvalue weighted by molar-refractivity contribution is 6.29. The minimum absolute atomic E-state index is 0. The first-order chi connectivity index (χ1) is 14.0. The summed E-state index contributed by atoms with van der Waals surface area (Å²) in [7, 11) is 0. The van der Waals surface area contributed by atoms with E-state index in [2.05, 4.69) is 30.6 Å². The SMILES string of the molecule is C.C.CC[C@@](C)(Nc1ccnc(Cl)n1)C(=O)O.CC[C@@](C)(Nc1nccc(Cl)n1)C(=O)O. The zero-order valence-corrected chi connectivity index (χ0v) is 18.5. The molecule has 2 aromatic rings. The molecule has 0 aromatic carbocycles. The van der Waals surface area contributed by atoms with Crippen molar-refractivity contribution in [3.8, 4) is 0 Å². The summed E-state index contributed by atoms with van der Waals surface area (Å²) in [6, 6.07) is 3.10. The molecule has 4 N–H and O–H groups in total. The molecule has 2 aromatic heterocycles. The molecule has 0 aliphatic carbocycles. The number of aliphatic carboxylic acids is 2. The summed E-state index contributed by atoms with van der Waals surface area (Å²) in [5.74, 6) is -1.26. The largest absolute Gasteiger partial charge is 0.480 e. The minimum atomic E-state index is -1.08. The molecule has 0 radical (unpaired) electrons. The topological polar surface area (TPSA) is 150 Å². The Morgan fingerprint density at radius 1 is 0.906 bits per heavy atom. The Balaban J connectivity index is 0. The third-order valence-corrected chi connectivity index (χ3v) is 4.79. The zero-order valence-electron chi connectivity index (χ0n) is 17.0. The van der Waals surface area contributed by atoms with Gasteiger partial charge >= 0.3 is 11.9 Å². The molecule has 0 amide bonds. The van der Waals surface area contributed by atoms with Gasteiger partial charge in [0.25, 0.3) is 0 Å². The molecule has 0 aliphatic rings. The van der Waals surface area contributed by atoms with Crippen LogP contribution in [0.1, 0.15) is 55.4 Å². The van der Waals surface area contributed by atoms with Crippen molar-refractivity contribution in [2.45, 2.75) is 66.5 Å². The fourth-order valence-corrected chi connectivity index (χ4v) is 2.20. The highest BCUT2D eigenvalue weighted by Crippen LogP contribution is 2.18. The summed E-state index contributed by atoms with van der Waals surface area (Å²) in [5.41, 5.74) is -2.12. The van der Waals surface area contributed by atoms with Crippen LogP contribution < -0.4 is 10.6 Å². The van der Waals surface area contributed by atoms with Crippen LogP contribution in [0.25, 0.3) is 0 Å². The minimum Gasteiger partial charge on any atom is -0.480 e. The molecule has 32 heavy (non-hydrogen) atoms. The molecule has 0 saturated heterocycles. The molecule has 0 aliphatic heterocycles. The van der Waals surface area contributed by atoms with Gasteiger partial charge in [0.2, 0.25) is 11.2 Å². The molecule has 0 fully saturated rings. The third kappa shape index (κ3) is 9.19. The lowest BCUT2D eigenvalue weighted by Gasteiger charge is -2.24. The lowest BCUT2D eigenvalue weighted by molar-refractivity contribution is -0.142. The van der Waals surface area contributed by atoms with Gasteiger partial charge in [-0.1, -0.05) is 40.3 Å². The number of aromatic nitrogens is 4. The van der Waals surface area contributed by atoms with Gasteiger partial charge < -0.3 is 20.8 Å². The summed E-state index contributed by atoms with van der Waals surface area (Å²) in [6.45, 7) is 6.71. The van der Waals surface area contributed by atoms with Crippen LogP contribution in [0.4, 0.5) is 11.8 Å². The molecular weight excluding hydrogens is 459 g/mol. The van der Waals surface area contributed by atoms with Gasteiger partial charge in [-0.15, -0.1) is 0 Å². The number of nitrogens with zero attached hydrogens (tertiary/aromatic N) is 4. The molecule has 0 unspecified atom stereocenters. The van der Waals surface area contributed by atoms with Crippen LogP contribution in [0, 0.1) is 0 Å². The van der Waals surface area contributed by atoms with Crippen molar-refractivity contribution in [1.82, 2.24) is 19.9 Å². The molecule has 10 nitrogen and oxygen atoms in total. The van der Waals surface area contributed by atoms with Crippen molar-refractivity contribution in [2.24, 2.45) is 0 Å². The highest BCUT2D eigenvalue weighted by atomic mass is 35.5. The van der Waals surface area contributed by atoms with E-state index in [9.17, 15) is 9.59 Å². The lowest BCUT2D eigenvalue weighted by Crippen LogP contribution is -2.43. The Hall–Kier alpha value is -2.72. The van der Waals surface area contributed by atoms with Crippen molar-refractivity contribution in [3.05, 3.63) is 35.0 Å². The van der Waals surface area contributed by atoms with Crippen molar-refractivity contribution in [2.75, 3.05) is 10.6 Å². The van der Waals surface area contributed by atoms with Gasteiger partial charge in [-0.25, -0.2) is 29.5 Å². The molecule has 2 atom stereocenters. The van der Waals surface area contributed by atoms with Crippen LogP contribution in [0.3, 0.4) is 0 Å². The smallest absolute Gasteiger partial charge is 0.329 e. The van der Waals surface area contributed by atoms with E-state index in [4.69, 9.17) is 33.4 Å². The van der Waals surface area contributed by atoms with Crippen LogP contribution >= 0.6 is 23.2 Å². The van der Waals surface area contributed by atoms with Crippen LogP contribution in [0.15, 0.2) is 24.5 Å². The average Bonchev–Trinajstić information content (AvgIpc) is 2.68. The Morgan fingerprint density at radius 2 is 1.41 bits per heavy atom. The number of carbonyl (C=O) groups is 2. The number of carboxylic acid groups (broad SMARTS) is 2. The predicted molar refractivity (Wildman–Crippen MR) is 127 cm³/mol. The predicted octanol–water partition coefficient (Wildman–Crippen LogP) is 4.86. The molecule has 2 rings (SSSR count). The van der Waals surface area contributed by atoms with Crippen LogP contribution in [-0.4, -0.2) is 53.2 Å². The fraction of sp³-hybridized carbons (Fsp3) is 0.500. The summed E-state index contributed by atoms with van der Waals surface area (Å²) < 4.78 is 0. The van der Waals surface area contributed by atoms with E-state index in [1.807, 2.05) is 0 Å². The Labute approximate surface area is 198 Å². The molecule has 0 saturated carbocycles. The van der Waals surface area contributed by atoms with E-state index >= 15 is 0 Å². The van der Waals surface area contributed by atoms with Crippen molar-refractivity contribution >= 4 is 46.9 Å². The monoisotopic (exact) mass is 490 g/mol. The molecule has 0 spiro atoms. The van der Waals surface area contributed by atoms with E-state index in [1.165, 1.54) is 18.5 Å². The normalized spacial score (nSPS) is 13.4. The van der Waals surface area contributed by atoms with Gasteiger partial charge in [0.1, 0.15) is 22.0 Å². The third-order valence-electron chi connectivity index (χ3n) is 4.40. The maximum atomic E-state index is 11.0. The molecule has 180 valence electrons. The summed E-state index contributed by atoms with van der Waals surface area (Å²) in [4.78, 5) is 37.3. The number of rotatable bonds is 8. The summed E-state index contributed by atoms with van der Waals surface area (Å²) >= 11 is 11.2. The van der Waals surface area contributed by atoms with Crippen molar-refractivity contribution in [1.29, 1.82) is 0 Å². The number of anilines is 2. The Kier molecular flexibility index (Phi) is 13.4. The fourth-order valence-electron chi connectivity index (χ4n) is 1.92. The Bertz CT molecular complexity index is 817. The number of hydrogen-bond donors (Lipinski definition) is 4. The molecule has 2 heterocycles. The molecule has 12 heteroatoms. The van der Waals surface area contributed by atoms with Gasteiger partial charge in [-0.05, 0) is 50.4 Å². The van der Waals surface area contributed by atoms with E-state index in [-0.39, 0.29) is 31.2 Å². The van der Waals surface area contributed by atoms with Gasteiger partial charge in [0, 0.05) is 12.4 Å².